The summed E-state index contributed by atoms with van der Waals surface area (Å²) in [4.78, 5) is 13.1. The Bertz CT molecular complexity index is 1330. The second-order valence-electron chi connectivity index (χ2n) is 10.2. The second-order valence-corrected chi connectivity index (χ2v) is 10.2. The van der Waals surface area contributed by atoms with Gasteiger partial charge in [0, 0.05) is 23.3 Å². The fourth-order valence-electron chi connectivity index (χ4n) is 5.62. The van der Waals surface area contributed by atoms with E-state index in [4.69, 9.17) is 23.7 Å². The summed E-state index contributed by atoms with van der Waals surface area (Å²) in [6, 6.07) is 4.51. The predicted octanol–water partition coefficient (Wildman–Crippen LogP) is -0.590. The number of carbonyl (C=O) groups excluding carboxylic acids is 1. The third-order valence-electron chi connectivity index (χ3n) is 7.82. The summed E-state index contributed by atoms with van der Waals surface area (Å²) in [5, 5.41) is 82.7. The van der Waals surface area contributed by atoms with E-state index in [-0.39, 0.29) is 28.4 Å². The van der Waals surface area contributed by atoms with Gasteiger partial charge in [0.25, 0.3) is 5.79 Å². The number of aromatic hydroxyl groups is 4. The van der Waals surface area contributed by atoms with Crippen LogP contribution in [-0.4, -0.2) is 103 Å². The predicted molar refractivity (Wildman–Crippen MR) is 130 cm³/mol. The lowest BCUT2D eigenvalue weighted by molar-refractivity contribution is -0.337. The van der Waals surface area contributed by atoms with Crippen molar-refractivity contribution < 1.29 is 69.3 Å². The van der Waals surface area contributed by atoms with Gasteiger partial charge in [-0.05, 0) is 26.0 Å². The lowest BCUT2D eigenvalue weighted by Gasteiger charge is -2.45. The van der Waals surface area contributed by atoms with Gasteiger partial charge in [0.2, 0.25) is 5.75 Å². The van der Waals surface area contributed by atoms with Crippen LogP contribution in [0.3, 0.4) is 0 Å². The largest absolute Gasteiger partial charge is 0.508 e. The lowest BCUT2D eigenvalue weighted by atomic mass is 9.75. The van der Waals surface area contributed by atoms with Crippen LogP contribution in [0.5, 0.6) is 34.5 Å². The summed E-state index contributed by atoms with van der Waals surface area (Å²) in [5.74, 6) is -6.37. The summed E-state index contributed by atoms with van der Waals surface area (Å²) < 4.78 is 29.4. The number of methoxy groups -OCH3 is 1. The molecule has 40 heavy (non-hydrogen) atoms. The number of hydrogen-bond acceptors (Lipinski definition) is 14. The van der Waals surface area contributed by atoms with Crippen LogP contribution in [0.2, 0.25) is 0 Å². The van der Waals surface area contributed by atoms with Crippen molar-refractivity contribution in [1.82, 2.24) is 0 Å². The first-order valence-corrected chi connectivity index (χ1v) is 12.3. The molecular formula is C26H30O14. The maximum absolute atomic E-state index is 13.1. The Morgan fingerprint density at radius 2 is 1.70 bits per heavy atom. The van der Waals surface area contributed by atoms with Crippen LogP contribution >= 0.6 is 0 Å². The molecule has 3 aliphatic heterocycles. The van der Waals surface area contributed by atoms with Crippen LogP contribution in [0.25, 0.3) is 0 Å². The molecule has 0 radical (unpaired) electrons. The molecular weight excluding hydrogens is 536 g/mol. The molecule has 3 aliphatic rings. The van der Waals surface area contributed by atoms with Crippen molar-refractivity contribution in [1.29, 1.82) is 0 Å². The van der Waals surface area contributed by atoms with Gasteiger partial charge in [-0.3, -0.25) is 4.79 Å². The van der Waals surface area contributed by atoms with E-state index in [1.807, 2.05) is 0 Å². The Morgan fingerprint density at radius 1 is 1.00 bits per heavy atom. The molecule has 0 aliphatic carbocycles. The smallest absolute Gasteiger partial charge is 0.265 e. The summed E-state index contributed by atoms with van der Waals surface area (Å²) in [5.41, 5.74) is -1.84. The molecule has 0 spiro atoms. The van der Waals surface area contributed by atoms with E-state index in [0.29, 0.717) is 0 Å². The number of rotatable bonds is 6. The number of ether oxygens (including phenoxy) is 5. The quantitative estimate of drug-likeness (QED) is 0.205. The average Bonchev–Trinajstić information content (AvgIpc) is 3.06. The maximum atomic E-state index is 13.1. The summed E-state index contributed by atoms with van der Waals surface area (Å²) >= 11 is 0. The van der Waals surface area contributed by atoms with E-state index in [9.17, 15) is 45.6 Å². The maximum Gasteiger partial charge on any atom is 0.265 e. The highest BCUT2D eigenvalue weighted by atomic mass is 16.8. The van der Waals surface area contributed by atoms with Crippen LogP contribution in [0, 0.1) is 0 Å². The molecule has 8 N–H and O–H groups in total. The zero-order valence-electron chi connectivity index (χ0n) is 21.6. The van der Waals surface area contributed by atoms with Crippen molar-refractivity contribution in [2.24, 2.45) is 0 Å². The summed E-state index contributed by atoms with van der Waals surface area (Å²) in [6.45, 7) is 1.90. The molecule has 0 saturated carbocycles. The summed E-state index contributed by atoms with van der Waals surface area (Å²) in [6.07, 6.45) is -9.90. The molecule has 2 bridgehead atoms. The molecule has 5 rings (SSSR count). The number of fused-ring (bicyclic) bond motifs is 4. The molecule has 14 heteroatoms. The molecule has 0 aromatic heterocycles. The SMILES string of the molecule is COc1cc([C@@]23Oc4cc(O)cc(O)c4[C@@H]([C@H]2O[C@@H]2O[C@H](CO)[C@@H](O)[C@H](O)[C@H]2O)C(C)(C(C)=O)O3)cc(O)c1O. The zero-order chi connectivity index (χ0) is 29.3. The van der Waals surface area contributed by atoms with E-state index in [0.717, 1.165) is 12.1 Å². The zero-order valence-corrected chi connectivity index (χ0v) is 21.6. The average molecular weight is 567 g/mol. The number of phenolic OH excluding ortho intramolecular Hbond substituents is 4. The van der Waals surface area contributed by atoms with Gasteiger partial charge in [-0.2, -0.15) is 0 Å². The Kier molecular flexibility index (Phi) is 6.78. The van der Waals surface area contributed by atoms with Crippen LogP contribution < -0.4 is 9.47 Å². The summed E-state index contributed by atoms with van der Waals surface area (Å²) in [7, 11) is 1.23. The molecule has 14 nitrogen and oxygen atoms in total. The van der Waals surface area contributed by atoms with E-state index < -0.39 is 83.8 Å². The molecule has 2 aromatic rings. The van der Waals surface area contributed by atoms with Crippen LogP contribution in [0.4, 0.5) is 0 Å². The number of benzene rings is 2. The first kappa shape index (κ1) is 28.2. The van der Waals surface area contributed by atoms with Crippen molar-refractivity contribution in [3.05, 3.63) is 35.4 Å². The van der Waals surface area contributed by atoms with Gasteiger partial charge in [-0.1, -0.05) is 0 Å². The number of hydrogen-bond donors (Lipinski definition) is 8. The van der Waals surface area contributed by atoms with Gasteiger partial charge in [0.15, 0.2) is 23.6 Å². The highest BCUT2D eigenvalue weighted by molar-refractivity contribution is 5.87. The monoisotopic (exact) mass is 566 g/mol. The Balaban J connectivity index is 1.75. The van der Waals surface area contributed by atoms with Gasteiger partial charge in [0.05, 0.1) is 19.6 Å². The Labute approximate surface area is 227 Å². The number of carbonyl (C=O) groups is 1. The number of phenols is 4. The first-order valence-electron chi connectivity index (χ1n) is 12.3. The van der Waals surface area contributed by atoms with Gasteiger partial charge < -0.3 is 64.5 Å². The van der Waals surface area contributed by atoms with E-state index in [1.165, 1.54) is 33.1 Å². The molecule has 2 fully saturated rings. The number of aliphatic hydroxyl groups is 4. The Morgan fingerprint density at radius 3 is 2.33 bits per heavy atom. The van der Waals surface area contributed by atoms with E-state index in [2.05, 4.69) is 0 Å². The molecule has 9 atom stereocenters. The van der Waals surface area contributed by atoms with E-state index in [1.54, 1.807) is 0 Å². The third-order valence-corrected chi connectivity index (χ3v) is 7.82. The van der Waals surface area contributed by atoms with Crippen molar-refractivity contribution in [2.75, 3.05) is 13.7 Å². The minimum atomic E-state index is -2.18. The lowest BCUT2D eigenvalue weighted by Crippen LogP contribution is -2.61. The second kappa shape index (κ2) is 9.62. The fourth-order valence-corrected chi connectivity index (χ4v) is 5.62. The standard InChI is InChI=1S/C26H30O14/c1-9(28)25(2)18-17-12(30)6-11(29)7-14(17)39-26(40-25,10-4-13(31)19(32)15(5-10)36-3)23(18)38-24-22(35)21(34)20(33)16(8-27)37-24/h4-7,16,18,20-24,27,29-35H,8H2,1-3H3/t16-,18+,20-,21+,22-,23-,24+,25?,26+/m1/s1. The topological polar surface area (TPSA) is 225 Å². The Hall–Kier alpha value is -3.37. The van der Waals surface area contributed by atoms with Gasteiger partial charge in [-0.15, -0.1) is 0 Å². The van der Waals surface area contributed by atoms with E-state index >= 15 is 0 Å². The number of aliphatic hydroxyl groups excluding tert-OH is 4. The van der Waals surface area contributed by atoms with Crippen LogP contribution in [-0.2, 0) is 24.8 Å². The minimum absolute atomic E-state index is 0.00757. The highest BCUT2D eigenvalue weighted by Gasteiger charge is 2.71. The molecule has 2 aromatic carbocycles. The number of Topliss-reactive ketones (excluding diaryl/α,β-unsaturated/α-hetero) is 1. The van der Waals surface area contributed by atoms with Crippen molar-refractivity contribution in [2.45, 2.75) is 68.0 Å². The first-order chi connectivity index (χ1) is 18.8. The molecule has 218 valence electrons. The molecule has 0 amide bonds. The highest BCUT2D eigenvalue weighted by Crippen LogP contribution is 2.63. The number of ketones is 1. The minimum Gasteiger partial charge on any atom is -0.508 e. The van der Waals surface area contributed by atoms with Crippen molar-refractivity contribution in [3.8, 4) is 34.5 Å². The van der Waals surface area contributed by atoms with Crippen molar-refractivity contribution >= 4 is 5.78 Å². The van der Waals surface area contributed by atoms with Crippen molar-refractivity contribution in [3.63, 3.8) is 0 Å². The fraction of sp³-hybridized carbons (Fsp3) is 0.500. The van der Waals surface area contributed by atoms with Crippen LogP contribution in [0.1, 0.15) is 30.9 Å². The van der Waals surface area contributed by atoms with Gasteiger partial charge in [0.1, 0.15) is 53.4 Å². The molecule has 2 saturated heterocycles. The van der Waals surface area contributed by atoms with Gasteiger partial charge in [-0.25, -0.2) is 0 Å². The van der Waals surface area contributed by atoms with Gasteiger partial charge >= 0.3 is 0 Å². The third kappa shape index (κ3) is 3.95. The van der Waals surface area contributed by atoms with Crippen LogP contribution in [0.15, 0.2) is 24.3 Å². The normalized spacial score (nSPS) is 36.5. The molecule has 3 heterocycles. The molecule has 1 unspecified atom stereocenters.